The van der Waals surface area contributed by atoms with Gasteiger partial charge in [0.1, 0.15) is 6.61 Å². The van der Waals surface area contributed by atoms with E-state index in [0.717, 1.165) is 96.3 Å². The van der Waals surface area contributed by atoms with E-state index in [1.165, 1.54) is 128 Å². The zero-order chi connectivity index (χ0) is 47.0. The zero-order valence-electron chi connectivity index (χ0n) is 42.5. The highest BCUT2D eigenvalue weighted by Crippen LogP contribution is 2.16. The van der Waals surface area contributed by atoms with Crippen molar-refractivity contribution in [2.24, 2.45) is 0 Å². The van der Waals surface area contributed by atoms with Gasteiger partial charge in [-0.15, -0.1) is 0 Å². The second-order valence-corrected chi connectivity index (χ2v) is 17.9. The molecule has 0 amide bonds. The summed E-state index contributed by atoms with van der Waals surface area (Å²) in [5.41, 5.74) is 0. The fourth-order valence-corrected chi connectivity index (χ4v) is 7.54. The van der Waals surface area contributed by atoms with Crippen LogP contribution in [0.2, 0.25) is 0 Å². The lowest BCUT2D eigenvalue weighted by molar-refractivity contribution is -0.161. The van der Waals surface area contributed by atoms with Crippen LogP contribution in [-0.4, -0.2) is 36.4 Å². The highest BCUT2D eigenvalue weighted by atomic mass is 16.6. The van der Waals surface area contributed by atoms with E-state index in [0.29, 0.717) is 12.8 Å². The smallest absolute Gasteiger partial charge is 0.306 e. The highest BCUT2D eigenvalue weighted by molar-refractivity contribution is 5.70. The van der Waals surface area contributed by atoms with Crippen LogP contribution in [0.5, 0.6) is 0 Å². The third kappa shape index (κ3) is 53.3. The lowest BCUT2D eigenvalue weighted by Crippen LogP contribution is -2.28. The number of aliphatic hydroxyl groups is 1. The summed E-state index contributed by atoms with van der Waals surface area (Å²) in [6, 6.07) is 0. The first kappa shape index (κ1) is 61.8. The topological polar surface area (TPSA) is 72.8 Å². The molecule has 0 aliphatic rings. The number of hydrogen-bond acceptors (Lipinski definition) is 5. The van der Waals surface area contributed by atoms with Crippen LogP contribution in [-0.2, 0) is 19.1 Å². The second kappa shape index (κ2) is 55.1. The van der Waals surface area contributed by atoms with Gasteiger partial charge in [-0.2, -0.15) is 0 Å². The summed E-state index contributed by atoms with van der Waals surface area (Å²) in [5, 5.41) is 9.59. The minimum atomic E-state index is -0.775. The molecule has 0 fully saturated rings. The lowest BCUT2D eigenvalue weighted by atomic mass is 10.0. The molecule has 0 aromatic heterocycles. The average Bonchev–Trinajstić information content (AvgIpc) is 3.31. The molecular formula is C60H102O5. The summed E-state index contributed by atoms with van der Waals surface area (Å²) < 4.78 is 10.6. The van der Waals surface area contributed by atoms with Crippen molar-refractivity contribution in [3.63, 3.8) is 0 Å². The Balaban J connectivity index is 3.44. The van der Waals surface area contributed by atoms with Crippen molar-refractivity contribution in [2.45, 2.75) is 258 Å². The van der Waals surface area contributed by atoms with Gasteiger partial charge in [0, 0.05) is 12.8 Å². The second-order valence-electron chi connectivity index (χ2n) is 17.9. The summed E-state index contributed by atoms with van der Waals surface area (Å²) in [7, 11) is 0. The van der Waals surface area contributed by atoms with E-state index >= 15 is 0 Å². The molecule has 0 aromatic carbocycles. The number of ether oxygens (including phenoxy) is 2. The average molecular weight is 903 g/mol. The van der Waals surface area contributed by atoms with Gasteiger partial charge in [-0.3, -0.25) is 9.59 Å². The number of unbranched alkanes of at least 4 members (excludes halogenated alkanes) is 25. The monoisotopic (exact) mass is 903 g/mol. The van der Waals surface area contributed by atoms with E-state index in [1.807, 2.05) is 0 Å². The van der Waals surface area contributed by atoms with E-state index in [9.17, 15) is 14.7 Å². The van der Waals surface area contributed by atoms with Gasteiger partial charge in [-0.25, -0.2) is 0 Å². The molecule has 0 rings (SSSR count). The van der Waals surface area contributed by atoms with Crippen LogP contribution < -0.4 is 0 Å². The van der Waals surface area contributed by atoms with Gasteiger partial charge >= 0.3 is 11.9 Å². The van der Waals surface area contributed by atoms with Crippen molar-refractivity contribution in [2.75, 3.05) is 13.2 Å². The van der Waals surface area contributed by atoms with E-state index in [-0.39, 0.29) is 25.2 Å². The number of allylic oxidation sites excluding steroid dienone is 16. The number of carbonyl (C=O) groups is 2. The van der Waals surface area contributed by atoms with Gasteiger partial charge < -0.3 is 14.6 Å². The first-order valence-electron chi connectivity index (χ1n) is 27.3. The van der Waals surface area contributed by atoms with Gasteiger partial charge in [-0.1, -0.05) is 246 Å². The molecule has 0 aliphatic heterocycles. The number of rotatable bonds is 49. The Morgan fingerprint density at radius 3 is 1.02 bits per heavy atom. The number of esters is 2. The van der Waals surface area contributed by atoms with Crippen molar-refractivity contribution in [1.82, 2.24) is 0 Å². The van der Waals surface area contributed by atoms with Crippen LogP contribution in [0.25, 0.3) is 0 Å². The predicted molar refractivity (Wildman–Crippen MR) is 283 cm³/mol. The number of aliphatic hydroxyl groups excluding tert-OH is 1. The van der Waals surface area contributed by atoms with Crippen LogP contribution in [0, 0.1) is 0 Å². The van der Waals surface area contributed by atoms with E-state index in [4.69, 9.17) is 9.47 Å². The third-order valence-corrected chi connectivity index (χ3v) is 11.6. The van der Waals surface area contributed by atoms with Gasteiger partial charge in [0.05, 0.1) is 6.61 Å². The molecule has 372 valence electrons. The van der Waals surface area contributed by atoms with Crippen LogP contribution >= 0.6 is 0 Å². The first-order valence-corrected chi connectivity index (χ1v) is 27.3. The van der Waals surface area contributed by atoms with Gasteiger partial charge in [0.25, 0.3) is 0 Å². The van der Waals surface area contributed by atoms with E-state index in [2.05, 4.69) is 111 Å². The Labute approximate surface area is 402 Å². The maximum absolute atomic E-state index is 12.2. The Bertz CT molecular complexity index is 1250. The molecule has 0 saturated heterocycles. The summed E-state index contributed by atoms with van der Waals surface area (Å²) in [4.78, 5) is 24.3. The summed E-state index contributed by atoms with van der Waals surface area (Å²) in [6.45, 7) is 3.96. The molecule has 0 saturated carbocycles. The maximum atomic E-state index is 12.2. The number of carbonyl (C=O) groups excluding carboxylic acids is 2. The molecule has 0 radical (unpaired) electrons. The van der Waals surface area contributed by atoms with Crippen molar-refractivity contribution in [3.8, 4) is 0 Å². The Kier molecular flexibility index (Phi) is 52.5. The van der Waals surface area contributed by atoms with Gasteiger partial charge in [0.2, 0.25) is 0 Å². The molecule has 0 spiro atoms. The number of hydrogen-bond donors (Lipinski definition) is 1. The van der Waals surface area contributed by atoms with Crippen LogP contribution in [0.4, 0.5) is 0 Å². The lowest BCUT2D eigenvalue weighted by Gasteiger charge is -2.15. The SMILES string of the molecule is CC/C=C\C/C=C\C/C=C\C/C=C\C/C=C\C/C=C\C/C=C\CCCCCCCCCCCCCCCCCCCCCC(=O)OC(CO)COC(=O)CCCCCCC/C=C\CCC. The molecular weight excluding hydrogens is 801 g/mol. The van der Waals surface area contributed by atoms with Crippen LogP contribution in [0.1, 0.15) is 251 Å². The van der Waals surface area contributed by atoms with Crippen molar-refractivity contribution in [3.05, 3.63) is 97.2 Å². The van der Waals surface area contributed by atoms with Crippen LogP contribution in [0.3, 0.4) is 0 Å². The Morgan fingerprint density at radius 2 is 0.662 bits per heavy atom. The quantitative estimate of drug-likeness (QED) is 0.0374. The molecule has 0 aromatic rings. The van der Waals surface area contributed by atoms with Crippen molar-refractivity contribution >= 4 is 11.9 Å². The fourth-order valence-electron chi connectivity index (χ4n) is 7.54. The van der Waals surface area contributed by atoms with Crippen molar-refractivity contribution in [1.29, 1.82) is 0 Å². The van der Waals surface area contributed by atoms with Crippen molar-refractivity contribution < 1.29 is 24.2 Å². The summed E-state index contributed by atoms with van der Waals surface area (Å²) in [6.07, 6.45) is 78.3. The first-order chi connectivity index (χ1) is 32.1. The minimum absolute atomic E-state index is 0.0706. The van der Waals surface area contributed by atoms with E-state index in [1.54, 1.807) is 0 Å². The largest absolute Gasteiger partial charge is 0.462 e. The Hall–Kier alpha value is -3.18. The fraction of sp³-hybridized carbons (Fsp3) is 0.700. The molecule has 5 heteroatoms. The standard InChI is InChI=1S/C60H102O5/c1-3-5-7-9-11-13-15-16-17-18-19-20-21-22-23-24-25-26-27-28-29-30-31-32-33-34-35-36-37-38-39-40-41-42-43-44-45-47-49-51-53-55-60(63)65-58(56-61)57-64-59(62)54-52-50-48-46-14-12-10-8-6-4-2/h5,7-8,10-11,13,16-17,19-20,22-23,25-26,28-29,58,61H,3-4,6,9,12,14-15,18,21,24,27,30-57H2,1-2H3/b7-5-,10-8-,13-11-,17-16-,20-19-,23-22-,26-25-,29-28-. The molecule has 65 heavy (non-hydrogen) atoms. The third-order valence-electron chi connectivity index (χ3n) is 11.6. The predicted octanol–water partition coefficient (Wildman–Crippen LogP) is 18.4. The van der Waals surface area contributed by atoms with Gasteiger partial charge in [0.15, 0.2) is 6.10 Å². The summed E-state index contributed by atoms with van der Waals surface area (Å²) >= 11 is 0. The normalized spacial score (nSPS) is 13.0. The molecule has 0 heterocycles. The Morgan fingerprint density at radius 1 is 0.369 bits per heavy atom. The highest BCUT2D eigenvalue weighted by Gasteiger charge is 2.16. The molecule has 1 atom stereocenters. The molecule has 1 N–H and O–H groups in total. The molecule has 1 unspecified atom stereocenters. The minimum Gasteiger partial charge on any atom is -0.462 e. The maximum Gasteiger partial charge on any atom is 0.306 e. The molecule has 0 bridgehead atoms. The van der Waals surface area contributed by atoms with Crippen LogP contribution in [0.15, 0.2) is 97.2 Å². The molecule has 0 aliphatic carbocycles. The van der Waals surface area contributed by atoms with Gasteiger partial charge in [-0.05, 0) is 89.9 Å². The van der Waals surface area contributed by atoms with E-state index < -0.39 is 6.10 Å². The zero-order valence-corrected chi connectivity index (χ0v) is 42.5. The molecule has 5 nitrogen and oxygen atoms in total. The summed E-state index contributed by atoms with van der Waals surface area (Å²) in [5.74, 6) is -0.600.